The summed E-state index contributed by atoms with van der Waals surface area (Å²) >= 11 is 0. The van der Waals surface area contributed by atoms with Gasteiger partial charge < -0.3 is 10.3 Å². The second-order valence-electron chi connectivity index (χ2n) is 7.74. The number of carbonyl (C=O) groups is 1. The van der Waals surface area contributed by atoms with Crippen molar-refractivity contribution in [1.82, 2.24) is 29.9 Å². The van der Waals surface area contributed by atoms with Crippen LogP contribution in [0.5, 0.6) is 0 Å². The van der Waals surface area contributed by atoms with Gasteiger partial charge in [0.1, 0.15) is 11.3 Å². The van der Waals surface area contributed by atoms with Crippen LogP contribution in [0.2, 0.25) is 0 Å². The Balaban J connectivity index is 1.39. The number of benzene rings is 1. The third-order valence-electron chi connectivity index (χ3n) is 5.77. The van der Waals surface area contributed by atoms with E-state index in [1.807, 2.05) is 12.3 Å². The van der Waals surface area contributed by atoms with Gasteiger partial charge in [0.2, 0.25) is 0 Å². The highest BCUT2D eigenvalue weighted by Gasteiger charge is 2.22. The summed E-state index contributed by atoms with van der Waals surface area (Å²) in [6, 6.07) is 9.80. The average molecular weight is 389 g/mol. The molecule has 2 N–H and O–H groups in total. The summed E-state index contributed by atoms with van der Waals surface area (Å²) in [4.78, 5) is 23.0. The molecule has 148 valence electrons. The molecule has 1 aliphatic heterocycles. The number of rotatable bonds is 3. The maximum atomic E-state index is 12.7. The maximum Gasteiger partial charge on any atom is 0.256 e. The quantitative estimate of drug-likeness (QED) is 0.561. The van der Waals surface area contributed by atoms with E-state index in [2.05, 4.69) is 43.6 Å². The van der Waals surface area contributed by atoms with Crippen LogP contribution in [0, 0.1) is 0 Å². The molecule has 8 heteroatoms. The summed E-state index contributed by atoms with van der Waals surface area (Å²) in [5.41, 5.74) is 4.31. The molecule has 1 fully saturated rings. The van der Waals surface area contributed by atoms with Gasteiger partial charge in [0.15, 0.2) is 0 Å². The fourth-order valence-electron chi connectivity index (χ4n) is 4.12. The highest BCUT2D eigenvalue weighted by atomic mass is 16.1. The number of amides is 1. The van der Waals surface area contributed by atoms with E-state index in [0.29, 0.717) is 17.4 Å². The predicted octanol–water partition coefficient (Wildman–Crippen LogP) is 3.25. The van der Waals surface area contributed by atoms with Gasteiger partial charge in [-0.3, -0.25) is 9.69 Å². The standard InChI is InChI=1S/C21H23N7O/c1-27-8-4-3-5-18(27)17-9-14-12-22-20(11-16(14)23-17)24-21(29)13-6-7-15-19(10-13)28(2)26-25-15/h6-7,9-12,18,23H,3-5,8H2,1-2H3,(H,22,24,29)/t18-/m1/s1. The number of pyridine rings is 1. The number of carbonyl (C=O) groups excluding carboxylic acids is 1. The van der Waals surface area contributed by atoms with E-state index in [-0.39, 0.29) is 5.91 Å². The van der Waals surface area contributed by atoms with Gasteiger partial charge in [-0.1, -0.05) is 11.6 Å². The number of piperidine rings is 1. The number of nitrogens with one attached hydrogen (secondary N) is 2. The molecule has 4 aromatic rings. The lowest BCUT2D eigenvalue weighted by Gasteiger charge is -2.31. The van der Waals surface area contributed by atoms with E-state index in [1.165, 1.54) is 18.5 Å². The number of aryl methyl sites for hydroxylation is 1. The van der Waals surface area contributed by atoms with Gasteiger partial charge in [-0.2, -0.15) is 0 Å². The Labute approximate surface area is 167 Å². The van der Waals surface area contributed by atoms with Crippen LogP contribution in [0.3, 0.4) is 0 Å². The first-order valence-electron chi connectivity index (χ1n) is 9.88. The molecule has 1 aliphatic rings. The molecule has 1 atom stereocenters. The van der Waals surface area contributed by atoms with E-state index in [1.54, 1.807) is 29.9 Å². The molecule has 0 spiro atoms. The molecule has 1 aromatic carbocycles. The molecule has 5 rings (SSSR count). The number of aromatic nitrogens is 5. The monoisotopic (exact) mass is 389 g/mol. The molecule has 0 bridgehead atoms. The summed E-state index contributed by atoms with van der Waals surface area (Å²) < 4.78 is 1.65. The largest absolute Gasteiger partial charge is 0.357 e. The van der Waals surface area contributed by atoms with Crippen molar-refractivity contribution in [3.05, 3.63) is 47.8 Å². The third kappa shape index (κ3) is 3.25. The summed E-state index contributed by atoms with van der Waals surface area (Å²) in [7, 11) is 3.98. The number of hydrogen-bond donors (Lipinski definition) is 2. The zero-order valence-electron chi connectivity index (χ0n) is 16.5. The van der Waals surface area contributed by atoms with Crippen molar-refractivity contribution >= 4 is 33.7 Å². The van der Waals surface area contributed by atoms with Gasteiger partial charge in [0.25, 0.3) is 5.91 Å². The van der Waals surface area contributed by atoms with Crippen LogP contribution < -0.4 is 5.32 Å². The van der Waals surface area contributed by atoms with E-state index >= 15 is 0 Å². The van der Waals surface area contributed by atoms with Crippen molar-refractivity contribution in [1.29, 1.82) is 0 Å². The van der Waals surface area contributed by atoms with Crippen LogP contribution in [0.25, 0.3) is 21.9 Å². The van der Waals surface area contributed by atoms with Crippen LogP contribution in [0.15, 0.2) is 36.5 Å². The van der Waals surface area contributed by atoms with E-state index in [9.17, 15) is 4.79 Å². The van der Waals surface area contributed by atoms with Crippen molar-refractivity contribution in [2.75, 3.05) is 18.9 Å². The summed E-state index contributed by atoms with van der Waals surface area (Å²) in [6.07, 6.45) is 5.47. The molecule has 8 nitrogen and oxygen atoms in total. The van der Waals surface area contributed by atoms with Crippen molar-refractivity contribution in [3.8, 4) is 0 Å². The minimum absolute atomic E-state index is 0.209. The summed E-state index contributed by atoms with van der Waals surface area (Å²) in [5, 5.41) is 12.0. The fourth-order valence-corrected chi connectivity index (χ4v) is 4.12. The Kier molecular flexibility index (Phi) is 4.28. The fraction of sp³-hybridized carbons (Fsp3) is 0.333. The molecule has 29 heavy (non-hydrogen) atoms. The lowest BCUT2D eigenvalue weighted by molar-refractivity contribution is 0.102. The summed E-state index contributed by atoms with van der Waals surface area (Å²) in [6.45, 7) is 1.12. The second-order valence-corrected chi connectivity index (χ2v) is 7.74. The number of H-pyrrole nitrogens is 1. The normalized spacial score (nSPS) is 17.8. The molecule has 0 radical (unpaired) electrons. The van der Waals surface area contributed by atoms with Gasteiger partial charge in [-0.25, -0.2) is 9.67 Å². The van der Waals surface area contributed by atoms with Gasteiger partial charge >= 0.3 is 0 Å². The Bertz CT molecular complexity index is 1210. The van der Waals surface area contributed by atoms with Gasteiger partial charge in [0, 0.05) is 42.0 Å². The topological polar surface area (TPSA) is 91.7 Å². The number of fused-ring (bicyclic) bond motifs is 2. The molecule has 4 heterocycles. The molecular formula is C21H23N7O. The molecular weight excluding hydrogens is 366 g/mol. The first kappa shape index (κ1) is 17.8. The lowest BCUT2D eigenvalue weighted by atomic mass is 10.0. The highest BCUT2D eigenvalue weighted by molar-refractivity contribution is 6.06. The molecule has 3 aromatic heterocycles. The van der Waals surface area contributed by atoms with Gasteiger partial charge in [-0.15, -0.1) is 5.10 Å². The molecule has 0 aliphatic carbocycles. The SMILES string of the molecule is CN1CCCC[C@@H]1c1cc2cnc(NC(=O)c3ccc4nnn(C)c4c3)cc2[nH]1. The van der Waals surface area contributed by atoms with Crippen molar-refractivity contribution in [2.45, 2.75) is 25.3 Å². The Morgan fingerprint density at radius 3 is 2.97 bits per heavy atom. The Hall–Kier alpha value is -3.26. The summed E-state index contributed by atoms with van der Waals surface area (Å²) in [5.74, 6) is 0.315. The first-order valence-corrected chi connectivity index (χ1v) is 9.88. The molecule has 0 saturated carbocycles. The smallest absolute Gasteiger partial charge is 0.256 e. The Morgan fingerprint density at radius 1 is 1.21 bits per heavy atom. The first-order chi connectivity index (χ1) is 14.1. The minimum Gasteiger partial charge on any atom is -0.357 e. The molecule has 1 saturated heterocycles. The van der Waals surface area contributed by atoms with Crippen LogP contribution >= 0.6 is 0 Å². The Morgan fingerprint density at radius 2 is 2.10 bits per heavy atom. The lowest BCUT2D eigenvalue weighted by Crippen LogP contribution is -2.29. The zero-order valence-corrected chi connectivity index (χ0v) is 16.5. The third-order valence-corrected chi connectivity index (χ3v) is 5.77. The van der Waals surface area contributed by atoms with Crippen LogP contribution in [0.1, 0.15) is 41.4 Å². The van der Waals surface area contributed by atoms with Crippen molar-refractivity contribution in [2.24, 2.45) is 7.05 Å². The minimum atomic E-state index is -0.209. The van der Waals surface area contributed by atoms with Crippen molar-refractivity contribution < 1.29 is 4.79 Å². The van der Waals surface area contributed by atoms with Crippen LogP contribution in [0.4, 0.5) is 5.82 Å². The molecule has 1 amide bonds. The zero-order chi connectivity index (χ0) is 20.0. The predicted molar refractivity (Wildman–Crippen MR) is 112 cm³/mol. The highest BCUT2D eigenvalue weighted by Crippen LogP contribution is 2.31. The van der Waals surface area contributed by atoms with Gasteiger partial charge in [0.05, 0.1) is 11.0 Å². The van der Waals surface area contributed by atoms with E-state index in [4.69, 9.17) is 0 Å². The maximum absolute atomic E-state index is 12.7. The van der Waals surface area contributed by atoms with Crippen LogP contribution in [-0.2, 0) is 7.05 Å². The average Bonchev–Trinajstić information content (AvgIpc) is 3.31. The number of anilines is 1. The van der Waals surface area contributed by atoms with Crippen LogP contribution in [-0.4, -0.2) is 49.4 Å². The second kappa shape index (κ2) is 6.97. The van der Waals surface area contributed by atoms with E-state index < -0.39 is 0 Å². The number of aromatic amines is 1. The number of nitrogens with zero attached hydrogens (tertiary/aromatic N) is 5. The van der Waals surface area contributed by atoms with E-state index in [0.717, 1.165) is 34.9 Å². The van der Waals surface area contributed by atoms with Gasteiger partial charge in [-0.05, 0) is 50.7 Å². The van der Waals surface area contributed by atoms with Crippen molar-refractivity contribution in [3.63, 3.8) is 0 Å². The number of likely N-dealkylation sites (tertiary alicyclic amines) is 1. The molecule has 0 unspecified atom stereocenters. The number of hydrogen-bond acceptors (Lipinski definition) is 5.